The van der Waals surface area contributed by atoms with Crippen molar-refractivity contribution in [2.75, 3.05) is 13.1 Å². The molecule has 0 amide bonds. The Hall–Kier alpha value is -1.68. The van der Waals surface area contributed by atoms with E-state index in [0.29, 0.717) is 0 Å². The van der Waals surface area contributed by atoms with Crippen molar-refractivity contribution in [2.24, 2.45) is 7.05 Å². The molecule has 0 aliphatic carbocycles. The molecule has 4 nitrogen and oxygen atoms in total. The topological polar surface area (TPSA) is 42.7 Å². The zero-order valence-electron chi connectivity index (χ0n) is 12.3. The Balaban J connectivity index is 2.12. The Morgan fingerprint density at radius 2 is 1.90 bits per heavy atom. The minimum Gasteiger partial charge on any atom is -0.317 e. The van der Waals surface area contributed by atoms with Crippen LogP contribution in [0.4, 0.5) is 0 Å². The Bertz CT molecular complexity index is 567. The number of aryl methyl sites for hydroxylation is 2. The van der Waals surface area contributed by atoms with E-state index in [4.69, 9.17) is 4.98 Å². The molecule has 106 valence electrons. The fourth-order valence-corrected chi connectivity index (χ4v) is 3.26. The van der Waals surface area contributed by atoms with Crippen LogP contribution >= 0.6 is 0 Å². The first-order chi connectivity index (χ1) is 9.76. The van der Waals surface area contributed by atoms with Crippen molar-refractivity contribution < 1.29 is 0 Å². The molecule has 0 unspecified atom stereocenters. The number of nitrogens with one attached hydrogen (secondary N) is 1. The molecular weight excluding hydrogens is 248 g/mol. The standard InChI is InChI=1S/C16H22N4/c1-3-14-18-15(20(2)19-14)16(9-11-17-12-10-16)13-7-5-4-6-8-13/h4-8,17H,3,9-12H2,1-2H3. The first-order valence-corrected chi connectivity index (χ1v) is 7.43. The van der Waals surface area contributed by atoms with Crippen LogP contribution in [0.25, 0.3) is 0 Å². The molecule has 2 aromatic rings. The molecule has 1 N–H and O–H groups in total. The first kappa shape index (κ1) is 13.3. The minimum atomic E-state index is 0.00167. The number of piperidine rings is 1. The second kappa shape index (κ2) is 5.37. The van der Waals surface area contributed by atoms with Crippen LogP contribution in [0.15, 0.2) is 30.3 Å². The fourth-order valence-electron chi connectivity index (χ4n) is 3.26. The molecule has 1 aliphatic heterocycles. The second-order valence-corrected chi connectivity index (χ2v) is 5.53. The molecule has 3 rings (SSSR count). The highest BCUT2D eigenvalue weighted by molar-refractivity contribution is 5.34. The average molecular weight is 270 g/mol. The molecule has 0 spiro atoms. The van der Waals surface area contributed by atoms with Gasteiger partial charge in [0, 0.05) is 13.5 Å². The lowest BCUT2D eigenvalue weighted by Gasteiger charge is -2.37. The van der Waals surface area contributed by atoms with Gasteiger partial charge in [-0.3, -0.25) is 4.68 Å². The van der Waals surface area contributed by atoms with Gasteiger partial charge in [-0.1, -0.05) is 37.3 Å². The van der Waals surface area contributed by atoms with Gasteiger partial charge in [0.15, 0.2) is 5.82 Å². The fraction of sp³-hybridized carbons (Fsp3) is 0.500. The Morgan fingerprint density at radius 1 is 1.20 bits per heavy atom. The molecule has 2 heterocycles. The number of nitrogens with zero attached hydrogens (tertiary/aromatic N) is 3. The van der Waals surface area contributed by atoms with Crippen molar-refractivity contribution in [3.63, 3.8) is 0 Å². The lowest BCUT2D eigenvalue weighted by molar-refractivity contribution is 0.335. The first-order valence-electron chi connectivity index (χ1n) is 7.43. The minimum absolute atomic E-state index is 0.00167. The zero-order chi connectivity index (χ0) is 14.0. The summed E-state index contributed by atoms with van der Waals surface area (Å²) in [5, 5.41) is 8.02. The van der Waals surface area contributed by atoms with Gasteiger partial charge < -0.3 is 5.32 Å². The van der Waals surface area contributed by atoms with Crippen molar-refractivity contribution in [2.45, 2.75) is 31.6 Å². The maximum absolute atomic E-state index is 4.82. The van der Waals surface area contributed by atoms with Crippen molar-refractivity contribution in [1.29, 1.82) is 0 Å². The van der Waals surface area contributed by atoms with Gasteiger partial charge in [-0.2, -0.15) is 5.10 Å². The highest BCUT2D eigenvalue weighted by Crippen LogP contribution is 2.38. The monoisotopic (exact) mass is 270 g/mol. The SMILES string of the molecule is CCc1nc(C2(c3ccccc3)CCNCC2)n(C)n1. The molecule has 4 heteroatoms. The largest absolute Gasteiger partial charge is 0.317 e. The molecule has 1 fully saturated rings. The van der Waals surface area contributed by atoms with E-state index in [9.17, 15) is 0 Å². The molecule has 1 aliphatic rings. The van der Waals surface area contributed by atoms with E-state index in [1.807, 2.05) is 11.7 Å². The molecular formula is C16H22N4. The van der Waals surface area contributed by atoms with E-state index in [-0.39, 0.29) is 5.41 Å². The predicted octanol–water partition coefficient (Wildman–Crippen LogP) is 2.05. The van der Waals surface area contributed by atoms with E-state index in [2.05, 4.69) is 47.7 Å². The number of aromatic nitrogens is 3. The van der Waals surface area contributed by atoms with E-state index < -0.39 is 0 Å². The van der Waals surface area contributed by atoms with Crippen molar-refractivity contribution in [3.8, 4) is 0 Å². The van der Waals surface area contributed by atoms with Gasteiger partial charge >= 0.3 is 0 Å². The Morgan fingerprint density at radius 3 is 2.50 bits per heavy atom. The Kier molecular flexibility index (Phi) is 3.57. The number of hydrogen-bond donors (Lipinski definition) is 1. The van der Waals surface area contributed by atoms with Crippen LogP contribution < -0.4 is 5.32 Å². The molecule has 0 saturated carbocycles. The van der Waals surface area contributed by atoms with Gasteiger partial charge in [0.25, 0.3) is 0 Å². The maximum Gasteiger partial charge on any atom is 0.150 e. The summed E-state index contributed by atoms with van der Waals surface area (Å²) in [7, 11) is 2.02. The van der Waals surface area contributed by atoms with Gasteiger partial charge in [-0.25, -0.2) is 4.98 Å². The number of rotatable bonds is 3. The lowest BCUT2D eigenvalue weighted by atomic mass is 9.72. The lowest BCUT2D eigenvalue weighted by Crippen LogP contribution is -2.42. The van der Waals surface area contributed by atoms with Crippen LogP contribution in [-0.4, -0.2) is 27.9 Å². The van der Waals surface area contributed by atoms with Crippen LogP contribution in [0.1, 0.15) is 37.0 Å². The van der Waals surface area contributed by atoms with Crippen LogP contribution in [0.2, 0.25) is 0 Å². The number of benzene rings is 1. The van der Waals surface area contributed by atoms with E-state index in [1.54, 1.807) is 0 Å². The molecule has 1 saturated heterocycles. The van der Waals surface area contributed by atoms with Gasteiger partial charge in [0.05, 0.1) is 5.41 Å². The van der Waals surface area contributed by atoms with E-state index in [1.165, 1.54) is 5.56 Å². The molecule has 1 aromatic carbocycles. The van der Waals surface area contributed by atoms with Gasteiger partial charge in [0.2, 0.25) is 0 Å². The molecule has 20 heavy (non-hydrogen) atoms. The van der Waals surface area contributed by atoms with Crippen molar-refractivity contribution >= 4 is 0 Å². The zero-order valence-corrected chi connectivity index (χ0v) is 12.3. The molecule has 0 atom stereocenters. The molecule has 1 aromatic heterocycles. The third-order valence-electron chi connectivity index (χ3n) is 4.33. The van der Waals surface area contributed by atoms with Crippen molar-refractivity contribution in [3.05, 3.63) is 47.5 Å². The highest BCUT2D eigenvalue weighted by atomic mass is 15.3. The smallest absolute Gasteiger partial charge is 0.150 e. The van der Waals surface area contributed by atoms with E-state index in [0.717, 1.165) is 44.0 Å². The normalized spacial score (nSPS) is 18.1. The molecule has 0 bridgehead atoms. The summed E-state index contributed by atoms with van der Waals surface area (Å²) in [6.45, 7) is 4.17. The average Bonchev–Trinajstić information content (AvgIpc) is 2.90. The van der Waals surface area contributed by atoms with Crippen LogP contribution in [0.3, 0.4) is 0 Å². The molecule has 0 radical (unpaired) electrons. The van der Waals surface area contributed by atoms with Crippen molar-refractivity contribution in [1.82, 2.24) is 20.1 Å². The van der Waals surface area contributed by atoms with Gasteiger partial charge in [0.1, 0.15) is 5.82 Å². The third-order valence-corrected chi connectivity index (χ3v) is 4.33. The second-order valence-electron chi connectivity index (χ2n) is 5.53. The summed E-state index contributed by atoms with van der Waals surface area (Å²) in [5.41, 5.74) is 1.36. The van der Waals surface area contributed by atoms with Crippen LogP contribution in [0, 0.1) is 0 Å². The summed E-state index contributed by atoms with van der Waals surface area (Å²) >= 11 is 0. The summed E-state index contributed by atoms with van der Waals surface area (Å²) in [5.74, 6) is 2.05. The van der Waals surface area contributed by atoms with Crippen LogP contribution in [0.5, 0.6) is 0 Å². The summed E-state index contributed by atoms with van der Waals surface area (Å²) in [4.78, 5) is 4.82. The summed E-state index contributed by atoms with van der Waals surface area (Å²) in [6, 6.07) is 10.8. The highest BCUT2D eigenvalue weighted by Gasteiger charge is 2.39. The third kappa shape index (κ3) is 2.14. The van der Waals surface area contributed by atoms with Gasteiger partial charge in [-0.05, 0) is 31.5 Å². The number of hydrogen-bond acceptors (Lipinski definition) is 3. The maximum atomic E-state index is 4.82. The predicted molar refractivity (Wildman–Crippen MR) is 79.7 cm³/mol. The Labute approximate surface area is 120 Å². The quantitative estimate of drug-likeness (QED) is 0.928. The van der Waals surface area contributed by atoms with Crippen LogP contribution in [-0.2, 0) is 18.9 Å². The van der Waals surface area contributed by atoms with Gasteiger partial charge in [-0.15, -0.1) is 0 Å². The van der Waals surface area contributed by atoms with E-state index >= 15 is 0 Å². The summed E-state index contributed by atoms with van der Waals surface area (Å²) in [6.07, 6.45) is 3.04. The summed E-state index contributed by atoms with van der Waals surface area (Å²) < 4.78 is 1.98.